The number of furan rings is 1. The topological polar surface area (TPSA) is 70.8 Å². The molecule has 3 rings (SSSR count). The van der Waals surface area contributed by atoms with Crippen molar-refractivity contribution in [3.63, 3.8) is 0 Å². The van der Waals surface area contributed by atoms with Crippen LogP contribution in [0.4, 0.5) is 10.1 Å². The Labute approximate surface area is 150 Å². The molecule has 1 atom stereocenters. The normalized spacial score (nSPS) is 17.5. The van der Waals surface area contributed by atoms with Crippen LogP contribution in [0.5, 0.6) is 0 Å². The molecular formula is C20H20FNO4. The number of Topliss-reactive ketones (excluding diaryl/α,β-unsaturated/α-hetero) is 1. The van der Waals surface area contributed by atoms with Gasteiger partial charge in [0.15, 0.2) is 11.5 Å². The quantitative estimate of drug-likeness (QED) is 0.869. The molecule has 1 amide bonds. The lowest BCUT2D eigenvalue weighted by atomic mass is 9.95. The lowest BCUT2D eigenvalue weighted by Crippen LogP contribution is -2.31. The third kappa shape index (κ3) is 3.14. The minimum Gasteiger partial charge on any atom is -0.503 e. The maximum absolute atomic E-state index is 13.7. The molecular weight excluding hydrogens is 337 g/mol. The third-order valence-electron chi connectivity index (χ3n) is 4.22. The molecule has 136 valence electrons. The van der Waals surface area contributed by atoms with Gasteiger partial charge in [-0.05, 0) is 43.2 Å². The van der Waals surface area contributed by atoms with Crippen LogP contribution < -0.4 is 4.90 Å². The second kappa shape index (κ2) is 6.78. The van der Waals surface area contributed by atoms with Gasteiger partial charge in [0.25, 0.3) is 5.91 Å². The molecule has 0 aliphatic carbocycles. The zero-order valence-corrected chi connectivity index (χ0v) is 14.8. The molecule has 2 aromatic rings. The molecule has 1 aromatic carbocycles. The Bertz CT molecular complexity index is 897. The molecule has 1 aliphatic rings. The first-order chi connectivity index (χ1) is 12.3. The van der Waals surface area contributed by atoms with Crippen LogP contribution in [0.1, 0.15) is 37.8 Å². The number of ketones is 1. The Morgan fingerprint density at radius 1 is 1.31 bits per heavy atom. The fourth-order valence-corrected chi connectivity index (χ4v) is 3.13. The molecule has 0 fully saturated rings. The van der Waals surface area contributed by atoms with Gasteiger partial charge in [0.2, 0.25) is 0 Å². The van der Waals surface area contributed by atoms with Crippen molar-refractivity contribution < 1.29 is 23.5 Å². The van der Waals surface area contributed by atoms with Crippen molar-refractivity contribution in [2.45, 2.75) is 33.2 Å². The van der Waals surface area contributed by atoms with Crippen LogP contribution in [0.15, 0.2) is 52.1 Å². The summed E-state index contributed by atoms with van der Waals surface area (Å²) in [5.74, 6) is -1.21. The molecule has 0 radical (unpaired) electrons. The SMILES string of the molecule is Cc1ccc(C2C(C(=O)CC(C)C)=C(O)C(=O)N2c2cccc(F)c2)o1. The Hall–Kier alpha value is -2.89. The van der Waals surface area contributed by atoms with E-state index in [1.807, 2.05) is 13.8 Å². The van der Waals surface area contributed by atoms with Crippen LogP contribution in [-0.2, 0) is 9.59 Å². The lowest BCUT2D eigenvalue weighted by molar-refractivity contribution is -0.118. The molecule has 0 saturated heterocycles. The van der Waals surface area contributed by atoms with E-state index in [1.54, 1.807) is 25.1 Å². The van der Waals surface area contributed by atoms with Crippen molar-refractivity contribution in [3.8, 4) is 0 Å². The Morgan fingerprint density at radius 3 is 2.62 bits per heavy atom. The maximum Gasteiger partial charge on any atom is 0.294 e. The number of nitrogens with zero attached hydrogens (tertiary/aromatic N) is 1. The number of halogens is 1. The average molecular weight is 357 g/mol. The molecule has 1 unspecified atom stereocenters. The summed E-state index contributed by atoms with van der Waals surface area (Å²) in [6, 6.07) is 7.90. The minimum atomic E-state index is -0.927. The summed E-state index contributed by atoms with van der Waals surface area (Å²) in [4.78, 5) is 26.6. The van der Waals surface area contributed by atoms with Crippen molar-refractivity contribution in [1.29, 1.82) is 0 Å². The molecule has 0 spiro atoms. The molecule has 2 heterocycles. The van der Waals surface area contributed by atoms with E-state index in [4.69, 9.17) is 4.42 Å². The highest BCUT2D eigenvalue weighted by atomic mass is 19.1. The van der Waals surface area contributed by atoms with E-state index >= 15 is 0 Å². The maximum atomic E-state index is 13.7. The molecule has 5 nitrogen and oxygen atoms in total. The van der Waals surface area contributed by atoms with Crippen molar-refractivity contribution in [2.75, 3.05) is 4.90 Å². The van der Waals surface area contributed by atoms with Gasteiger partial charge in [0, 0.05) is 12.1 Å². The zero-order chi connectivity index (χ0) is 19.0. The minimum absolute atomic E-state index is 0.0117. The number of anilines is 1. The summed E-state index contributed by atoms with van der Waals surface area (Å²) in [5, 5.41) is 10.4. The molecule has 0 saturated carbocycles. The fraction of sp³-hybridized carbons (Fsp3) is 0.300. The fourth-order valence-electron chi connectivity index (χ4n) is 3.13. The van der Waals surface area contributed by atoms with E-state index in [1.165, 1.54) is 23.1 Å². The first-order valence-electron chi connectivity index (χ1n) is 8.41. The van der Waals surface area contributed by atoms with Gasteiger partial charge in [-0.1, -0.05) is 19.9 Å². The second-order valence-electron chi connectivity index (χ2n) is 6.79. The van der Waals surface area contributed by atoms with Gasteiger partial charge in [0.1, 0.15) is 23.4 Å². The number of hydrogen-bond donors (Lipinski definition) is 1. The largest absolute Gasteiger partial charge is 0.503 e. The molecule has 1 aromatic heterocycles. The van der Waals surface area contributed by atoms with Gasteiger partial charge >= 0.3 is 0 Å². The predicted molar refractivity (Wildman–Crippen MR) is 94.2 cm³/mol. The van der Waals surface area contributed by atoms with E-state index in [9.17, 15) is 19.1 Å². The number of aliphatic hydroxyl groups is 1. The van der Waals surface area contributed by atoms with Crippen LogP contribution in [0.3, 0.4) is 0 Å². The lowest BCUT2D eigenvalue weighted by Gasteiger charge is -2.25. The first kappa shape index (κ1) is 17.9. The number of amides is 1. The smallest absolute Gasteiger partial charge is 0.294 e. The summed E-state index contributed by atoms with van der Waals surface area (Å²) < 4.78 is 19.3. The monoisotopic (exact) mass is 357 g/mol. The number of rotatable bonds is 5. The molecule has 1 aliphatic heterocycles. The van der Waals surface area contributed by atoms with Crippen LogP contribution in [0.25, 0.3) is 0 Å². The number of aliphatic hydroxyl groups excluding tert-OH is 1. The van der Waals surface area contributed by atoms with Gasteiger partial charge in [-0.3, -0.25) is 14.5 Å². The van der Waals surface area contributed by atoms with Crippen molar-refractivity contribution in [2.24, 2.45) is 5.92 Å². The van der Waals surface area contributed by atoms with Crippen molar-refractivity contribution >= 4 is 17.4 Å². The highest BCUT2D eigenvalue weighted by Crippen LogP contribution is 2.42. The van der Waals surface area contributed by atoms with Crippen LogP contribution in [-0.4, -0.2) is 16.8 Å². The first-order valence-corrected chi connectivity index (χ1v) is 8.41. The molecule has 26 heavy (non-hydrogen) atoms. The van der Waals surface area contributed by atoms with E-state index in [0.29, 0.717) is 11.5 Å². The van der Waals surface area contributed by atoms with Crippen LogP contribution in [0, 0.1) is 18.7 Å². The summed E-state index contributed by atoms with van der Waals surface area (Å²) in [7, 11) is 0. The number of hydrogen-bond acceptors (Lipinski definition) is 4. The summed E-state index contributed by atoms with van der Waals surface area (Å²) in [5.41, 5.74) is 0.232. The molecule has 6 heteroatoms. The van der Waals surface area contributed by atoms with Gasteiger partial charge in [-0.15, -0.1) is 0 Å². The van der Waals surface area contributed by atoms with Gasteiger partial charge in [-0.25, -0.2) is 4.39 Å². The van der Waals surface area contributed by atoms with E-state index in [2.05, 4.69) is 0 Å². The van der Waals surface area contributed by atoms with Gasteiger partial charge in [-0.2, -0.15) is 0 Å². The summed E-state index contributed by atoms with van der Waals surface area (Å²) >= 11 is 0. The molecule has 0 bridgehead atoms. The summed E-state index contributed by atoms with van der Waals surface area (Å²) in [6.45, 7) is 5.50. The standard InChI is InChI=1S/C20H20FNO4/c1-11(2)9-15(23)17-18(16-8-7-12(3)26-16)22(20(25)19(17)24)14-6-4-5-13(21)10-14/h4-8,10-11,18,24H,9H2,1-3H3. The van der Waals surface area contributed by atoms with E-state index < -0.39 is 23.5 Å². The summed E-state index contributed by atoms with van der Waals surface area (Å²) in [6.07, 6.45) is 0.180. The van der Waals surface area contributed by atoms with Crippen LogP contribution in [0.2, 0.25) is 0 Å². The Kier molecular flexibility index (Phi) is 4.68. The van der Waals surface area contributed by atoms with E-state index in [-0.39, 0.29) is 29.4 Å². The number of carbonyl (C=O) groups is 2. The van der Waals surface area contributed by atoms with Gasteiger partial charge < -0.3 is 9.52 Å². The average Bonchev–Trinajstić information content (AvgIpc) is 3.09. The zero-order valence-electron chi connectivity index (χ0n) is 14.8. The number of carbonyl (C=O) groups excluding carboxylic acids is 2. The van der Waals surface area contributed by atoms with Crippen molar-refractivity contribution in [1.82, 2.24) is 0 Å². The van der Waals surface area contributed by atoms with E-state index in [0.717, 1.165) is 0 Å². The van der Waals surface area contributed by atoms with Crippen LogP contribution >= 0.6 is 0 Å². The second-order valence-corrected chi connectivity index (χ2v) is 6.79. The predicted octanol–water partition coefficient (Wildman–Crippen LogP) is 4.24. The van der Waals surface area contributed by atoms with Crippen molar-refractivity contribution in [3.05, 3.63) is 65.1 Å². The third-order valence-corrected chi connectivity index (χ3v) is 4.22. The highest BCUT2D eigenvalue weighted by Gasteiger charge is 2.45. The molecule has 1 N–H and O–H groups in total. The Morgan fingerprint density at radius 2 is 2.04 bits per heavy atom. The Balaban J connectivity index is 2.13. The van der Waals surface area contributed by atoms with Gasteiger partial charge in [0.05, 0.1) is 5.57 Å². The number of benzene rings is 1. The highest BCUT2D eigenvalue weighted by molar-refractivity contribution is 6.16. The number of aryl methyl sites for hydroxylation is 1.